The van der Waals surface area contributed by atoms with Crippen molar-refractivity contribution in [1.82, 2.24) is 0 Å². The van der Waals surface area contributed by atoms with Gasteiger partial charge in [0.2, 0.25) is 0 Å². The number of halogens is 1. The van der Waals surface area contributed by atoms with Crippen molar-refractivity contribution in [3.05, 3.63) is 12.2 Å². The van der Waals surface area contributed by atoms with Gasteiger partial charge in [-0.05, 0) is 131 Å². The van der Waals surface area contributed by atoms with Gasteiger partial charge in [-0.1, -0.05) is 25.0 Å². The Morgan fingerprint density at radius 1 is 0.781 bits per heavy atom. The summed E-state index contributed by atoms with van der Waals surface area (Å²) in [5.41, 5.74) is -0.902. The van der Waals surface area contributed by atoms with Crippen LogP contribution < -0.4 is 0 Å². The molecule has 10 atom stereocenters. The largest absolute Gasteiger partial charge is 0.462 e. The Hall–Kier alpha value is -0.860. The van der Waals surface area contributed by atoms with Gasteiger partial charge in [-0.2, -0.15) is 0 Å². The molecule has 5 saturated carbocycles. The van der Waals surface area contributed by atoms with Crippen LogP contribution in [0.1, 0.15) is 96.3 Å². The highest BCUT2D eigenvalue weighted by Crippen LogP contribution is 2.61. The number of carbonyl (C=O) groups is 1. The number of carbonyl (C=O) groups excluding carboxylic acids is 1. The summed E-state index contributed by atoms with van der Waals surface area (Å²) in [5, 5.41) is 0. The fourth-order valence-electron chi connectivity index (χ4n) is 9.94. The van der Waals surface area contributed by atoms with Gasteiger partial charge in [0.15, 0.2) is 0 Å². The predicted molar refractivity (Wildman–Crippen MR) is 125 cm³/mol. The summed E-state index contributed by atoms with van der Waals surface area (Å²) in [5.74, 6) is 7.47. The van der Waals surface area contributed by atoms with Gasteiger partial charge in [0.05, 0.1) is 5.41 Å². The maximum absolute atomic E-state index is 13.9. The maximum atomic E-state index is 13.9. The molecule has 6 aliphatic rings. The summed E-state index contributed by atoms with van der Waals surface area (Å²) in [4.78, 5) is 13.0. The van der Waals surface area contributed by atoms with Crippen molar-refractivity contribution in [3.63, 3.8) is 0 Å². The Morgan fingerprint density at radius 3 is 2.16 bits per heavy atom. The smallest absolute Gasteiger partial charge is 0.315 e. The Bertz CT molecular complexity index is 733. The fraction of sp³-hybridized carbons (Fsp3) is 0.897. The number of esters is 1. The second-order valence-corrected chi connectivity index (χ2v) is 12.6. The molecule has 178 valence electrons. The summed E-state index contributed by atoms with van der Waals surface area (Å²) in [7, 11) is 0. The Balaban J connectivity index is 1.09. The SMILES string of the molecule is O=C(OC1CCC2C(CCC3C2CCC2C4CCCC4CCC23)C1)C1(CF)CC=CCC1. The minimum atomic E-state index is -0.902. The zero-order chi connectivity index (χ0) is 21.7. The zero-order valence-corrected chi connectivity index (χ0v) is 19.9. The molecule has 2 nitrogen and oxygen atoms in total. The number of alkyl halides is 1. The van der Waals surface area contributed by atoms with Crippen molar-refractivity contribution in [2.75, 3.05) is 6.67 Å². The highest BCUT2D eigenvalue weighted by atomic mass is 19.1. The van der Waals surface area contributed by atoms with Crippen LogP contribution in [0.25, 0.3) is 0 Å². The van der Waals surface area contributed by atoms with E-state index in [0.29, 0.717) is 12.8 Å². The molecule has 0 amide bonds. The van der Waals surface area contributed by atoms with E-state index >= 15 is 0 Å². The third kappa shape index (κ3) is 3.59. The summed E-state index contributed by atoms with van der Waals surface area (Å²) in [6, 6.07) is 0. The van der Waals surface area contributed by atoms with E-state index < -0.39 is 12.1 Å². The van der Waals surface area contributed by atoms with Crippen LogP contribution in [0.15, 0.2) is 12.2 Å². The van der Waals surface area contributed by atoms with Crippen LogP contribution in [0.4, 0.5) is 4.39 Å². The normalized spacial score (nSPS) is 50.0. The van der Waals surface area contributed by atoms with Crippen molar-refractivity contribution >= 4 is 5.97 Å². The van der Waals surface area contributed by atoms with Gasteiger partial charge in [0.25, 0.3) is 0 Å². The molecule has 0 aromatic heterocycles. The molecule has 0 radical (unpaired) electrons. The van der Waals surface area contributed by atoms with Gasteiger partial charge in [0.1, 0.15) is 12.8 Å². The molecule has 0 aromatic carbocycles. The first-order chi connectivity index (χ1) is 15.7. The predicted octanol–water partition coefficient (Wildman–Crippen LogP) is 7.27. The van der Waals surface area contributed by atoms with Crippen LogP contribution in [0.3, 0.4) is 0 Å². The van der Waals surface area contributed by atoms with Crippen LogP contribution >= 0.6 is 0 Å². The molecule has 0 heterocycles. The van der Waals surface area contributed by atoms with Crippen LogP contribution in [-0.2, 0) is 9.53 Å². The molecule has 6 aliphatic carbocycles. The molecular weight excluding hydrogens is 399 g/mol. The lowest BCUT2D eigenvalue weighted by atomic mass is 9.49. The van der Waals surface area contributed by atoms with Crippen molar-refractivity contribution < 1.29 is 13.9 Å². The Labute approximate surface area is 194 Å². The van der Waals surface area contributed by atoms with E-state index in [4.69, 9.17) is 4.74 Å². The lowest BCUT2D eigenvalue weighted by Gasteiger charge is -2.56. The molecule has 0 N–H and O–H groups in total. The van der Waals surface area contributed by atoms with E-state index in [1.807, 2.05) is 6.08 Å². The second-order valence-electron chi connectivity index (χ2n) is 12.6. The van der Waals surface area contributed by atoms with Gasteiger partial charge < -0.3 is 4.74 Å². The molecule has 3 heteroatoms. The first kappa shape index (κ1) is 21.7. The molecule has 6 rings (SSSR count). The van der Waals surface area contributed by atoms with Gasteiger partial charge >= 0.3 is 5.97 Å². The van der Waals surface area contributed by atoms with Crippen molar-refractivity contribution in [2.24, 2.45) is 52.8 Å². The fourth-order valence-corrected chi connectivity index (χ4v) is 9.94. The van der Waals surface area contributed by atoms with E-state index in [2.05, 4.69) is 6.08 Å². The van der Waals surface area contributed by atoms with Gasteiger partial charge in [-0.15, -0.1) is 0 Å². The average Bonchev–Trinajstić information content (AvgIpc) is 3.33. The van der Waals surface area contributed by atoms with E-state index in [9.17, 15) is 9.18 Å². The van der Waals surface area contributed by atoms with Crippen LogP contribution in [0.5, 0.6) is 0 Å². The number of hydrogen-bond donors (Lipinski definition) is 0. The minimum Gasteiger partial charge on any atom is -0.462 e. The second kappa shape index (κ2) is 8.73. The number of ether oxygens (including phenoxy) is 1. The summed E-state index contributed by atoms with van der Waals surface area (Å²) >= 11 is 0. The van der Waals surface area contributed by atoms with E-state index in [1.54, 1.807) is 0 Å². The van der Waals surface area contributed by atoms with E-state index in [0.717, 1.165) is 66.6 Å². The van der Waals surface area contributed by atoms with Crippen molar-refractivity contribution in [3.8, 4) is 0 Å². The summed E-state index contributed by atoms with van der Waals surface area (Å²) in [6.07, 6.45) is 22.6. The zero-order valence-electron chi connectivity index (χ0n) is 19.9. The third-order valence-corrected chi connectivity index (χ3v) is 11.5. The molecule has 0 aliphatic heterocycles. The molecule has 5 fully saturated rings. The van der Waals surface area contributed by atoms with E-state index in [1.165, 1.54) is 64.2 Å². The summed E-state index contributed by atoms with van der Waals surface area (Å²) < 4.78 is 19.9. The number of fused-ring (bicyclic) bond motifs is 7. The molecule has 32 heavy (non-hydrogen) atoms. The third-order valence-electron chi connectivity index (χ3n) is 11.5. The van der Waals surface area contributed by atoms with Gasteiger partial charge in [0, 0.05) is 0 Å². The lowest BCUT2D eigenvalue weighted by Crippen LogP contribution is -2.49. The highest BCUT2D eigenvalue weighted by Gasteiger charge is 2.53. The Morgan fingerprint density at radius 2 is 1.44 bits per heavy atom. The Kier molecular flexibility index (Phi) is 5.91. The van der Waals surface area contributed by atoms with Crippen LogP contribution in [0, 0.1) is 52.8 Å². The number of rotatable bonds is 3. The lowest BCUT2D eigenvalue weighted by molar-refractivity contribution is -0.168. The molecule has 0 spiro atoms. The quantitative estimate of drug-likeness (QED) is 0.339. The molecule has 10 unspecified atom stereocenters. The van der Waals surface area contributed by atoms with Crippen LogP contribution in [0.2, 0.25) is 0 Å². The molecule has 0 saturated heterocycles. The van der Waals surface area contributed by atoms with Crippen molar-refractivity contribution in [2.45, 2.75) is 102 Å². The summed E-state index contributed by atoms with van der Waals surface area (Å²) in [6.45, 7) is -0.580. The minimum absolute atomic E-state index is 0.0277. The monoisotopic (exact) mass is 442 g/mol. The average molecular weight is 443 g/mol. The first-order valence-electron chi connectivity index (χ1n) is 14.1. The molecular formula is C29H43FO2. The van der Waals surface area contributed by atoms with E-state index in [-0.39, 0.29) is 12.1 Å². The number of hydrogen-bond acceptors (Lipinski definition) is 2. The highest BCUT2D eigenvalue weighted by molar-refractivity contribution is 5.77. The molecule has 0 aromatic rings. The van der Waals surface area contributed by atoms with Gasteiger partial charge in [-0.3, -0.25) is 4.79 Å². The number of allylic oxidation sites excluding steroid dienone is 2. The standard InChI is InChI=1S/C29H43FO2/c30-18-29(15-2-1-3-16-29)28(31)32-21-9-12-23-20(17-21)8-11-27-25(23)14-13-24-22-6-4-5-19(22)7-10-26(24)27/h1-2,19-27H,3-18H2. The van der Waals surface area contributed by atoms with Gasteiger partial charge in [-0.25, -0.2) is 4.39 Å². The van der Waals surface area contributed by atoms with Crippen LogP contribution in [-0.4, -0.2) is 18.7 Å². The first-order valence-corrected chi connectivity index (χ1v) is 14.1. The topological polar surface area (TPSA) is 26.3 Å². The maximum Gasteiger partial charge on any atom is 0.315 e. The molecule has 0 bridgehead atoms. The van der Waals surface area contributed by atoms with Crippen molar-refractivity contribution in [1.29, 1.82) is 0 Å².